The first-order valence-electron chi connectivity index (χ1n) is 1.93. The smallest absolute Gasteiger partial charge is 0.0395 e. The average Bonchev–Trinajstić information content (AvgIpc) is 1.35. The molecule has 0 nitrogen and oxygen atoms in total. The second-order valence-electron chi connectivity index (χ2n) is 1.28. The summed E-state index contributed by atoms with van der Waals surface area (Å²) < 4.78 is 0. The molecule has 0 aromatic carbocycles. The van der Waals surface area contributed by atoms with Gasteiger partial charge in [-0.1, -0.05) is 18.2 Å². The van der Waals surface area contributed by atoms with Crippen molar-refractivity contribution in [3.8, 4) is 0 Å². The third-order valence-electron chi connectivity index (χ3n) is 0.391. The number of hydrogen-bond acceptors (Lipinski definition) is 0. The Morgan fingerprint density at radius 1 is 1.83 bits per heavy atom. The third kappa shape index (κ3) is 3.48. The SMILES string of the molecule is C=C(C)/C=[C]/C. The molecule has 0 N–H and O–H groups in total. The van der Waals surface area contributed by atoms with E-state index in [2.05, 4.69) is 12.7 Å². The summed E-state index contributed by atoms with van der Waals surface area (Å²) in [5, 5.41) is 0. The average molecular weight is 81.1 g/mol. The molecular formula is C6H9. The van der Waals surface area contributed by atoms with Crippen LogP contribution in [0.3, 0.4) is 0 Å². The zero-order valence-corrected chi connectivity index (χ0v) is 4.28. The highest BCUT2D eigenvalue weighted by molar-refractivity contribution is 5.06. The van der Waals surface area contributed by atoms with Crippen LogP contribution in [-0.4, -0.2) is 0 Å². The molecule has 1 radical (unpaired) electrons. The van der Waals surface area contributed by atoms with Crippen molar-refractivity contribution in [1.82, 2.24) is 0 Å². The summed E-state index contributed by atoms with van der Waals surface area (Å²) in [6.07, 6.45) is 4.69. The van der Waals surface area contributed by atoms with Crippen LogP contribution in [0.1, 0.15) is 13.8 Å². The first-order chi connectivity index (χ1) is 2.77. The lowest BCUT2D eigenvalue weighted by atomic mass is 10.3. The van der Waals surface area contributed by atoms with Crippen LogP contribution in [-0.2, 0) is 0 Å². The molecule has 6 heavy (non-hydrogen) atoms. The van der Waals surface area contributed by atoms with E-state index in [1.165, 1.54) is 0 Å². The van der Waals surface area contributed by atoms with Gasteiger partial charge in [-0.05, 0) is 19.9 Å². The van der Waals surface area contributed by atoms with Crippen molar-refractivity contribution >= 4 is 0 Å². The Bertz CT molecular complexity index is 68.1. The van der Waals surface area contributed by atoms with Crippen LogP contribution < -0.4 is 0 Å². The van der Waals surface area contributed by atoms with E-state index in [-0.39, 0.29) is 0 Å². The Balaban J connectivity index is 3.30. The van der Waals surface area contributed by atoms with Crippen molar-refractivity contribution in [3.63, 3.8) is 0 Å². The molecule has 33 valence electrons. The van der Waals surface area contributed by atoms with Crippen molar-refractivity contribution in [1.29, 1.82) is 0 Å². The second-order valence-corrected chi connectivity index (χ2v) is 1.28. The number of hydrogen-bond donors (Lipinski definition) is 0. The van der Waals surface area contributed by atoms with Crippen LogP contribution in [0, 0.1) is 6.08 Å². The summed E-state index contributed by atoms with van der Waals surface area (Å²) >= 11 is 0. The lowest BCUT2D eigenvalue weighted by molar-refractivity contribution is 1.51. The molecule has 0 amide bonds. The second kappa shape index (κ2) is 2.70. The summed E-state index contributed by atoms with van der Waals surface area (Å²) in [5.74, 6) is 0. The largest absolute Gasteiger partial charge is 0.0961 e. The Kier molecular flexibility index (Phi) is 2.47. The molecule has 0 fully saturated rings. The van der Waals surface area contributed by atoms with Crippen LogP contribution in [0.25, 0.3) is 0 Å². The molecule has 0 atom stereocenters. The highest BCUT2D eigenvalue weighted by Crippen LogP contribution is 1.84. The third-order valence-corrected chi connectivity index (χ3v) is 0.391. The van der Waals surface area contributed by atoms with Gasteiger partial charge in [-0.25, -0.2) is 0 Å². The molecule has 0 aromatic heterocycles. The quantitative estimate of drug-likeness (QED) is 0.423. The minimum atomic E-state index is 1.05. The van der Waals surface area contributed by atoms with Gasteiger partial charge >= 0.3 is 0 Å². The van der Waals surface area contributed by atoms with Gasteiger partial charge in [-0.3, -0.25) is 0 Å². The van der Waals surface area contributed by atoms with Gasteiger partial charge in [0, 0.05) is 0 Å². The lowest BCUT2D eigenvalue weighted by Gasteiger charge is -1.75. The van der Waals surface area contributed by atoms with Crippen molar-refractivity contribution in [2.75, 3.05) is 0 Å². The van der Waals surface area contributed by atoms with E-state index in [0.717, 1.165) is 5.57 Å². The fourth-order valence-electron chi connectivity index (χ4n) is 0.246. The molecule has 0 rings (SSSR count). The molecule has 0 spiro atoms. The number of allylic oxidation sites excluding steroid dienone is 3. The molecule has 0 bridgehead atoms. The molecule has 0 aromatic rings. The summed E-state index contributed by atoms with van der Waals surface area (Å²) in [6.45, 7) is 7.42. The maximum Gasteiger partial charge on any atom is -0.0395 e. The normalized spacial score (nSPS) is 9.67. The Morgan fingerprint density at radius 3 is 2.33 bits per heavy atom. The Hall–Kier alpha value is -0.520. The zero-order valence-electron chi connectivity index (χ0n) is 4.28. The van der Waals surface area contributed by atoms with Crippen molar-refractivity contribution in [3.05, 3.63) is 24.3 Å². The maximum absolute atomic E-state index is 3.63. The van der Waals surface area contributed by atoms with Crippen LogP contribution in [0.5, 0.6) is 0 Å². The fraction of sp³-hybridized carbons (Fsp3) is 0.333. The molecule has 0 unspecified atom stereocenters. The molecule has 0 aliphatic heterocycles. The molecule has 0 heterocycles. The van der Waals surface area contributed by atoms with Crippen LogP contribution in [0.15, 0.2) is 18.2 Å². The van der Waals surface area contributed by atoms with E-state index in [9.17, 15) is 0 Å². The topological polar surface area (TPSA) is 0 Å². The van der Waals surface area contributed by atoms with E-state index in [1.807, 2.05) is 19.9 Å². The van der Waals surface area contributed by atoms with Crippen molar-refractivity contribution < 1.29 is 0 Å². The Labute approximate surface area is 39.2 Å². The maximum atomic E-state index is 3.63. The monoisotopic (exact) mass is 81.1 g/mol. The van der Waals surface area contributed by atoms with Gasteiger partial charge in [0.05, 0.1) is 0 Å². The first-order valence-corrected chi connectivity index (χ1v) is 1.93. The summed E-state index contributed by atoms with van der Waals surface area (Å²) in [4.78, 5) is 0. The van der Waals surface area contributed by atoms with Gasteiger partial charge in [-0.2, -0.15) is 0 Å². The van der Waals surface area contributed by atoms with Gasteiger partial charge in [0.1, 0.15) is 0 Å². The standard InChI is InChI=1S/C6H9/c1-4-5-6(2)3/h5H,2H2,1,3H3. The van der Waals surface area contributed by atoms with E-state index >= 15 is 0 Å². The molecule has 0 saturated heterocycles. The number of rotatable bonds is 1. The Morgan fingerprint density at radius 2 is 2.33 bits per heavy atom. The predicted molar refractivity (Wildman–Crippen MR) is 28.3 cm³/mol. The minimum Gasteiger partial charge on any atom is -0.0961 e. The van der Waals surface area contributed by atoms with Crippen molar-refractivity contribution in [2.24, 2.45) is 0 Å². The minimum absolute atomic E-state index is 1.05. The van der Waals surface area contributed by atoms with Gasteiger partial charge < -0.3 is 0 Å². The zero-order chi connectivity index (χ0) is 4.99. The van der Waals surface area contributed by atoms with Gasteiger partial charge in [0.2, 0.25) is 0 Å². The van der Waals surface area contributed by atoms with Gasteiger partial charge in [-0.15, -0.1) is 0 Å². The van der Waals surface area contributed by atoms with Crippen molar-refractivity contribution in [2.45, 2.75) is 13.8 Å². The fourth-order valence-corrected chi connectivity index (χ4v) is 0.246. The molecule has 0 aliphatic carbocycles. The lowest BCUT2D eigenvalue weighted by Crippen LogP contribution is -1.55. The van der Waals surface area contributed by atoms with E-state index in [4.69, 9.17) is 0 Å². The molecule has 0 saturated carbocycles. The predicted octanol–water partition coefficient (Wildman–Crippen LogP) is 1.94. The summed E-state index contributed by atoms with van der Waals surface area (Å²) in [6, 6.07) is 0. The van der Waals surface area contributed by atoms with E-state index < -0.39 is 0 Å². The highest BCUT2D eigenvalue weighted by Gasteiger charge is 1.64. The first kappa shape index (κ1) is 5.48. The molecule has 0 aliphatic rings. The van der Waals surface area contributed by atoms with Gasteiger partial charge in [0.25, 0.3) is 0 Å². The van der Waals surface area contributed by atoms with E-state index in [0.29, 0.717) is 0 Å². The van der Waals surface area contributed by atoms with Crippen LogP contribution in [0.4, 0.5) is 0 Å². The molecule has 0 heteroatoms. The molecular weight excluding hydrogens is 72.1 g/mol. The van der Waals surface area contributed by atoms with Crippen LogP contribution >= 0.6 is 0 Å². The summed E-state index contributed by atoms with van der Waals surface area (Å²) in [5.41, 5.74) is 1.05. The highest BCUT2D eigenvalue weighted by atomic mass is 13.7. The summed E-state index contributed by atoms with van der Waals surface area (Å²) in [7, 11) is 0. The van der Waals surface area contributed by atoms with E-state index in [1.54, 1.807) is 0 Å². The van der Waals surface area contributed by atoms with Crippen LogP contribution in [0.2, 0.25) is 0 Å². The van der Waals surface area contributed by atoms with Gasteiger partial charge in [0.15, 0.2) is 0 Å².